The number of amides is 1. The molecular formula is C14H15BrClN3OS. The van der Waals surface area contributed by atoms with Crippen molar-refractivity contribution in [3.05, 3.63) is 38.3 Å². The first-order valence-electron chi connectivity index (χ1n) is 6.69. The number of nitrogens with zero attached hydrogens (tertiary/aromatic N) is 2. The number of carbonyl (C=O) groups is 1. The van der Waals surface area contributed by atoms with Crippen LogP contribution in [0.15, 0.2) is 22.7 Å². The maximum absolute atomic E-state index is 12.2. The largest absolute Gasteiger partial charge is 0.296 e. The van der Waals surface area contributed by atoms with Crippen molar-refractivity contribution in [2.75, 3.05) is 5.32 Å². The minimum Gasteiger partial charge on any atom is -0.296 e. The van der Waals surface area contributed by atoms with Crippen molar-refractivity contribution < 1.29 is 4.79 Å². The molecule has 1 heterocycles. The second-order valence-electron chi connectivity index (χ2n) is 4.54. The number of rotatable bonds is 6. The van der Waals surface area contributed by atoms with Crippen LogP contribution in [0.3, 0.4) is 0 Å². The fourth-order valence-corrected chi connectivity index (χ4v) is 3.11. The molecule has 0 saturated carbocycles. The second kappa shape index (κ2) is 7.87. The fourth-order valence-electron chi connectivity index (χ4n) is 1.77. The van der Waals surface area contributed by atoms with Crippen LogP contribution in [0, 0.1) is 0 Å². The van der Waals surface area contributed by atoms with Gasteiger partial charge in [0.05, 0.1) is 10.6 Å². The van der Waals surface area contributed by atoms with Gasteiger partial charge in [-0.3, -0.25) is 10.1 Å². The Labute approximate surface area is 141 Å². The molecule has 0 radical (unpaired) electrons. The summed E-state index contributed by atoms with van der Waals surface area (Å²) in [6.07, 6.45) is 4.34. The third kappa shape index (κ3) is 4.76. The first kappa shape index (κ1) is 16.4. The summed E-state index contributed by atoms with van der Waals surface area (Å²) in [6.45, 7) is 2.16. The minimum atomic E-state index is -0.280. The summed E-state index contributed by atoms with van der Waals surface area (Å²) < 4.78 is 0.801. The Balaban J connectivity index is 2.01. The topological polar surface area (TPSA) is 54.9 Å². The van der Waals surface area contributed by atoms with Gasteiger partial charge in [0.15, 0.2) is 0 Å². The van der Waals surface area contributed by atoms with Crippen LogP contribution in [-0.4, -0.2) is 16.1 Å². The lowest BCUT2D eigenvalue weighted by Gasteiger charge is -2.04. The van der Waals surface area contributed by atoms with Crippen LogP contribution >= 0.6 is 38.9 Å². The lowest BCUT2D eigenvalue weighted by molar-refractivity contribution is 0.102. The normalized spacial score (nSPS) is 10.6. The number of hydrogen-bond acceptors (Lipinski definition) is 4. The molecule has 0 atom stereocenters. The average Bonchev–Trinajstić information content (AvgIpc) is 2.89. The van der Waals surface area contributed by atoms with E-state index in [0.29, 0.717) is 15.7 Å². The van der Waals surface area contributed by atoms with Crippen molar-refractivity contribution in [1.29, 1.82) is 0 Å². The summed E-state index contributed by atoms with van der Waals surface area (Å²) in [5.74, 6) is -0.280. The minimum absolute atomic E-state index is 0.280. The van der Waals surface area contributed by atoms with E-state index in [4.69, 9.17) is 11.6 Å². The molecule has 0 aliphatic heterocycles. The standard InChI is InChI=1S/C14H15BrClN3OS/c1-2-3-4-5-12-18-19-14(21-12)17-13(20)10-8-9(15)6-7-11(10)16/h6-8H,2-5H2,1H3,(H,17,19,20). The zero-order valence-corrected chi connectivity index (χ0v) is 14.7. The monoisotopic (exact) mass is 387 g/mol. The molecule has 2 rings (SSSR count). The second-order valence-corrected chi connectivity index (χ2v) is 6.92. The van der Waals surface area contributed by atoms with E-state index >= 15 is 0 Å². The number of halogens is 2. The van der Waals surface area contributed by atoms with Crippen LogP contribution in [0.4, 0.5) is 5.13 Å². The third-order valence-electron chi connectivity index (χ3n) is 2.85. The number of anilines is 1. The molecule has 1 N–H and O–H groups in total. The van der Waals surface area contributed by atoms with Crippen molar-refractivity contribution in [2.45, 2.75) is 32.6 Å². The molecular weight excluding hydrogens is 374 g/mol. The van der Waals surface area contributed by atoms with Crippen LogP contribution < -0.4 is 5.32 Å². The molecule has 21 heavy (non-hydrogen) atoms. The Morgan fingerprint density at radius 1 is 1.38 bits per heavy atom. The highest BCUT2D eigenvalue weighted by Gasteiger charge is 2.13. The van der Waals surface area contributed by atoms with Crippen molar-refractivity contribution >= 4 is 49.9 Å². The molecule has 1 aromatic carbocycles. The zero-order chi connectivity index (χ0) is 15.2. The molecule has 1 amide bonds. The van der Waals surface area contributed by atoms with Gasteiger partial charge in [-0.15, -0.1) is 10.2 Å². The molecule has 0 saturated heterocycles. The molecule has 112 valence electrons. The highest BCUT2D eigenvalue weighted by molar-refractivity contribution is 9.10. The van der Waals surface area contributed by atoms with Crippen molar-refractivity contribution in [3.63, 3.8) is 0 Å². The van der Waals surface area contributed by atoms with Crippen LogP contribution in [0.2, 0.25) is 5.02 Å². The van der Waals surface area contributed by atoms with Gasteiger partial charge in [0.25, 0.3) is 5.91 Å². The molecule has 0 aliphatic rings. The maximum Gasteiger partial charge on any atom is 0.259 e. The number of aryl methyl sites for hydroxylation is 1. The van der Waals surface area contributed by atoms with E-state index < -0.39 is 0 Å². The van der Waals surface area contributed by atoms with E-state index in [1.807, 2.05) is 0 Å². The van der Waals surface area contributed by atoms with E-state index in [1.54, 1.807) is 18.2 Å². The molecule has 7 heteroatoms. The van der Waals surface area contributed by atoms with Gasteiger partial charge in [-0.1, -0.05) is 58.6 Å². The van der Waals surface area contributed by atoms with E-state index in [2.05, 4.69) is 38.4 Å². The van der Waals surface area contributed by atoms with Gasteiger partial charge in [-0.2, -0.15) is 0 Å². The number of hydrogen-bond donors (Lipinski definition) is 1. The first-order chi connectivity index (χ1) is 10.1. The number of carbonyl (C=O) groups excluding carboxylic acids is 1. The predicted molar refractivity (Wildman–Crippen MR) is 90.2 cm³/mol. The third-order valence-corrected chi connectivity index (χ3v) is 4.58. The van der Waals surface area contributed by atoms with Crippen LogP contribution in [0.5, 0.6) is 0 Å². The van der Waals surface area contributed by atoms with Crippen LogP contribution in [0.1, 0.15) is 41.6 Å². The van der Waals surface area contributed by atoms with E-state index in [9.17, 15) is 4.79 Å². The van der Waals surface area contributed by atoms with Gasteiger partial charge in [0.1, 0.15) is 5.01 Å². The Hall–Kier alpha value is -0.980. The number of unbranched alkanes of at least 4 members (excludes halogenated alkanes) is 2. The number of nitrogens with one attached hydrogen (secondary N) is 1. The summed E-state index contributed by atoms with van der Waals surface area (Å²) in [5.41, 5.74) is 0.411. The van der Waals surface area contributed by atoms with Crippen molar-refractivity contribution in [3.8, 4) is 0 Å². The van der Waals surface area contributed by atoms with Gasteiger partial charge in [-0.25, -0.2) is 0 Å². The van der Waals surface area contributed by atoms with Gasteiger partial charge >= 0.3 is 0 Å². The Morgan fingerprint density at radius 2 is 2.19 bits per heavy atom. The smallest absolute Gasteiger partial charge is 0.259 e. The highest BCUT2D eigenvalue weighted by atomic mass is 79.9. The van der Waals surface area contributed by atoms with Gasteiger partial charge < -0.3 is 0 Å². The van der Waals surface area contributed by atoms with Crippen LogP contribution in [-0.2, 0) is 6.42 Å². The molecule has 4 nitrogen and oxygen atoms in total. The predicted octanol–water partition coefficient (Wildman–Crippen LogP) is 4.94. The van der Waals surface area contributed by atoms with E-state index in [-0.39, 0.29) is 5.91 Å². The molecule has 2 aromatic rings. The molecule has 0 bridgehead atoms. The summed E-state index contributed by atoms with van der Waals surface area (Å²) in [7, 11) is 0. The molecule has 0 spiro atoms. The quantitative estimate of drug-likeness (QED) is 0.713. The number of aromatic nitrogens is 2. The summed E-state index contributed by atoms with van der Waals surface area (Å²) in [5, 5.41) is 12.7. The Morgan fingerprint density at radius 3 is 2.95 bits per heavy atom. The molecule has 0 unspecified atom stereocenters. The summed E-state index contributed by atoms with van der Waals surface area (Å²) in [6, 6.07) is 5.15. The highest BCUT2D eigenvalue weighted by Crippen LogP contribution is 2.23. The van der Waals surface area contributed by atoms with E-state index in [1.165, 1.54) is 24.2 Å². The Kier molecular flexibility index (Phi) is 6.14. The number of benzene rings is 1. The molecule has 0 aliphatic carbocycles. The average molecular weight is 389 g/mol. The fraction of sp³-hybridized carbons (Fsp3) is 0.357. The van der Waals surface area contributed by atoms with Gasteiger partial charge in [0, 0.05) is 10.9 Å². The molecule has 0 fully saturated rings. The lowest BCUT2D eigenvalue weighted by Crippen LogP contribution is -2.12. The molecule has 1 aromatic heterocycles. The van der Waals surface area contributed by atoms with Crippen LogP contribution in [0.25, 0.3) is 0 Å². The summed E-state index contributed by atoms with van der Waals surface area (Å²) >= 11 is 10.8. The maximum atomic E-state index is 12.2. The van der Waals surface area contributed by atoms with Crippen molar-refractivity contribution in [2.24, 2.45) is 0 Å². The SMILES string of the molecule is CCCCCc1nnc(NC(=O)c2cc(Br)ccc2Cl)s1. The zero-order valence-electron chi connectivity index (χ0n) is 11.5. The lowest BCUT2D eigenvalue weighted by atomic mass is 10.2. The Bertz CT molecular complexity index is 632. The van der Waals surface area contributed by atoms with Gasteiger partial charge in [0.2, 0.25) is 5.13 Å². The van der Waals surface area contributed by atoms with Crippen molar-refractivity contribution in [1.82, 2.24) is 10.2 Å². The van der Waals surface area contributed by atoms with E-state index in [0.717, 1.165) is 22.3 Å². The first-order valence-corrected chi connectivity index (χ1v) is 8.67. The van der Waals surface area contributed by atoms with Gasteiger partial charge in [-0.05, 0) is 24.6 Å². The summed E-state index contributed by atoms with van der Waals surface area (Å²) in [4.78, 5) is 12.2.